The summed E-state index contributed by atoms with van der Waals surface area (Å²) < 4.78 is 7.66. The smallest absolute Gasteiger partial charge is 0.122 e. The Morgan fingerprint density at radius 2 is 2.24 bits per heavy atom. The van der Waals surface area contributed by atoms with Crippen molar-refractivity contribution in [2.75, 3.05) is 13.7 Å². The number of rotatable bonds is 4. The van der Waals surface area contributed by atoms with E-state index in [1.807, 2.05) is 24.8 Å². The average molecular weight is 285 g/mol. The number of para-hydroxylation sites is 1. The van der Waals surface area contributed by atoms with E-state index in [2.05, 4.69) is 41.7 Å². The van der Waals surface area contributed by atoms with Crippen LogP contribution in [-0.2, 0) is 7.05 Å². The van der Waals surface area contributed by atoms with Crippen molar-refractivity contribution in [3.63, 3.8) is 0 Å². The third-order valence-electron chi connectivity index (χ3n) is 4.38. The van der Waals surface area contributed by atoms with Gasteiger partial charge in [-0.3, -0.25) is 4.68 Å². The van der Waals surface area contributed by atoms with Gasteiger partial charge in [0.15, 0.2) is 0 Å². The summed E-state index contributed by atoms with van der Waals surface area (Å²) in [6.07, 6.45) is 4.28. The van der Waals surface area contributed by atoms with Gasteiger partial charge in [0.25, 0.3) is 0 Å². The SMILES string of the molecule is CNC(CC1CCOc2ccccc21)c1cn(C)nc1C. The Balaban J connectivity index is 1.84. The maximum absolute atomic E-state index is 5.77. The Kier molecular flexibility index (Phi) is 3.97. The topological polar surface area (TPSA) is 39.1 Å². The molecule has 0 bridgehead atoms. The van der Waals surface area contributed by atoms with Gasteiger partial charge in [0, 0.05) is 24.8 Å². The first-order valence-electron chi connectivity index (χ1n) is 7.58. The molecule has 4 nitrogen and oxygen atoms in total. The molecule has 1 aromatic carbocycles. The standard InChI is InChI=1S/C17H23N3O/c1-12-15(11-20(3)19-12)16(18-2)10-13-8-9-21-17-7-5-4-6-14(13)17/h4-7,11,13,16,18H,8-10H2,1-3H3. The fourth-order valence-corrected chi connectivity index (χ4v) is 3.31. The van der Waals surface area contributed by atoms with Crippen molar-refractivity contribution < 1.29 is 4.74 Å². The first-order chi connectivity index (χ1) is 10.2. The Morgan fingerprint density at radius 1 is 1.43 bits per heavy atom. The van der Waals surface area contributed by atoms with Crippen LogP contribution in [0.3, 0.4) is 0 Å². The maximum Gasteiger partial charge on any atom is 0.122 e. The van der Waals surface area contributed by atoms with Crippen molar-refractivity contribution in [1.82, 2.24) is 15.1 Å². The second-order valence-corrected chi connectivity index (χ2v) is 5.79. The average Bonchev–Trinajstić information content (AvgIpc) is 2.83. The van der Waals surface area contributed by atoms with Gasteiger partial charge in [-0.25, -0.2) is 0 Å². The minimum absolute atomic E-state index is 0.329. The number of aryl methyl sites for hydroxylation is 2. The van der Waals surface area contributed by atoms with Gasteiger partial charge in [-0.15, -0.1) is 0 Å². The molecule has 4 heteroatoms. The monoisotopic (exact) mass is 285 g/mol. The molecular formula is C17H23N3O. The molecule has 0 saturated carbocycles. The molecule has 1 aliphatic rings. The molecule has 3 rings (SSSR count). The summed E-state index contributed by atoms with van der Waals surface area (Å²) in [5, 5.41) is 7.93. The normalized spacial score (nSPS) is 18.9. The summed E-state index contributed by atoms with van der Waals surface area (Å²) in [6.45, 7) is 2.89. The van der Waals surface area contributed by atoms with Crippen molar-refractivity contribution in [2.45, 2.75) is 31.7 Å². The third-order valence-corrected chi connectivity index (χ3v) is 4.38. The Bertz CT molecular complexity index is 620. The lowest BCUT2D eigenvalue weighted by atomic mass is 9.85. The molecule has 0 aliphatic carbocycles. The van der Waals surface area contributed by atoms with Crippen molar-refractivity contribution in [1.29, 1.82) is 0 Å². The first-order valence-corrected chi connectivity index (χ1v) is 7.58. The number of fused-ring (bicyclic) bond motifs is 1. The zero-order chi connectivity index (χ0) is 14.8. The van der Waals surface area contributed by atoms with Crippen molar-refractivity contribution in [2.24, 2.45) is 7.05 Å². The van der Waals surface area contributed by atoms with Crippen molar-refractivity contribution in [3.8, 4) is 5.75 Å². The van der Waals surface area contributed by atoms with E-state index < -0.39 is 0 Å². The fraction of sp³-hybridized carbons (Fsp3) is 0.471. The van der Waals surface area contributed by atoms with Gasteiger partial charge in [-0.1, -0.05) is 18.2 Å². The van der Waals surface area contributed by atoms with Crippen LogP contribution in [0.15, 0.2) is 30.5 Å². The Labute approximate surface area is 126 Å². The summed E-state index contributed by atoms with van der Waals surface area (Å²) in [7, 11) is 4.01. The number of benzene rings is 1. The van der Waals surface area contributed by atoms with E-state index in [0.29, 0.717) is 12.0 Å². The zero-order valence-electron chi connectivity index (χ0n) is 13.0. The van der Waals surface area contributed by atoms with Crippen LogP contribution >= 0.6 is 0 Å². The van der Waals surface area contributed by atoms with E-state index in [1.54, 1.807) is 0 Å². The highest BCUT2D eigenvalue weighted by Gasteiger charge is 2.25. The number of ether oxygens (including phenoxy) is 1. The largest absolute Gasteiger partial charge is 0.493 e. The molecule has 1 N–H and O–H groups in total. The molecule has 2 aromatic rings. The van der Waals surface area contributed by atoms with Crippen molar-refractivity contribution in [3.05, 3.63) is 47.3 Å². The summed E-state index contributed by atoms with van der Waals surface area (Å²) >= 11 is 0. The molecule has 0 saturated heterocycles. The second kappa shape index (κ2) is 5.90. The third kappa shape index (κ3) is 2.81. The number of hydrogen-bond acceptors (Lipinski definition) is 3. The minimum Gasteiger partial charge on any atom is -0.493 e. The highest BCUT2D eigenvalue weighted by molar-refractivity contribution is 5.38. The molecule has 2 atom stereocenters. The first kappa shape index (κ1) is 14.1. The number of aromatic nitrogens is 2. The molecule has 1 aromatic heterocycles. The Morgan fingerprint density at radius 3 is 2.95 bits per heavy atom. The van der Waals surface area contributed by atoms with Crippen molar-refractivity contribution >= 4 is 0 Å². The van der Waals surface area contributed by atoms with Crippen LogP contribution in [0.1, 0.15) is 41.6 Å². The highest BCUT2D eigenvalue weighted by Crippen LogP contribution is 2.39. The predicted octanol–water partition coefficient (Wildman–Crippen LogP) is 2.95. The van der Waals surface area contributed by atoms with Crippen LogP contribution in [0.5, 0.6) is 5.75 Å². The van der Waals surface area contributed by atoms with Crippen LogP contribution in [0.2, 0.25) is 0 Å². The number of nitrogens with one attached hydrogen (secondary N) is 1. The highest BCUT2D eigenvalue weighted by atomic mass is 16.5. The lowest BCUT2D eigenvalue weighted by Crippen LogP contribution is -2.23. The fourth-order valence-electron chi connectivity index (χ4n) is 3.31. The summed E-state index contributed by atoms with van der Waals surface area (Å²) in [4.78, 5) is 0. The summed E-state index contributed by atoms with van der Waals surface area (Å²) in [5.41, 5.74) is 3.74. The molecule has 2 unspecified atom stereocenters. The maximum atomic E-state index is 5.77. The number of hydrogen-bond donors (Lipinski definition) is 1. The predicted molar refractivity (Wildman–Crippen MR) is 83.7 cm³/mol. The Hall–Kier alpha value is -1.81. The summed E-state index contributed by atoms with van der Waals surface area (Å²) in [5.74, 6) is 1.58. The zero-order valence-corrected chi connectivity index (χ0v) is 13.0. The van der Waals surface area contributed by atoms with E-state index >= 15 is 0 Å². The molecule has 112 valence electrons. The van der Waals surface area contributed by atoms with Gasteiger partial charge in [-0.05, 0) is 44.4 Å². The molecule has 0 radical (unpaired) electrons. The van der Waals surface area contributed by atoms with E-state index in [9.17, 15) is 0 Å². The van der Waals surface area contributed by atoms with Gasteiger partial charge >= 0.3 is 0 Å². The molecule has 0 spiro atoms. The van der Waals surface area contributed by atoms with Gasteiger partial charge in [0.1, 0.15) is 5.75 Å². The number of nitrogens with zero attached hydrogens (tertiary/aromatic N) is 2. The molecule has 2 heterocycles. The van der Waals surface area contributed by atoms with Gasteiger partial charge in [0.2, 0.25) is 0 Å². The minimum atomic E-state index is 0.329. The lowest BCUT2D eigenvalue weighted by molar-refractivity contribution is 0.256. The van der Waals surface area contributed by atoms with E-state index in [0.717, 1.165) is 30.9 Å². The molecule has 0 amide bonds. The van der Waals surface area contributed by atoms with E-state index in [4.69, 9.17) is 4.74 Å². The second-order valence-electron chi connectivity index (χ2n) is 5.79. The summed E-state index contributed by atoms with van der Waals surface area (Å²) in [6, 6.07) is 8.74. The van der Waals surface area contributed by atoms with Gasteiger partial charge in [-0.2, -0.15) is 5.10 Å². The van der Waals surface area contributed by atoms with Gasteiger partial charge in [0.05, 0.1) is 12.3 Å². The molecule has 0 fully saturated rings. The lowest BCUT2D eigenvalue weighted by Gasteiger charge is -2.29. The van der Waals surface area contributed by atoms with Crippen LogP contribution in [0.4, 0.5) is 0 Å². The van der Waals surface area contributed by atoms with Crippen LogP contribution in [0, 0.1) is 6.92 Å². The van der Waals surface area contributed by atoms with Crippen LogP contribution in [0.25, 0.3) is 0 Å². The van der Waals surface area contributed by atoms with Gasteiger partial charge < -0.3 is 10.1 Å². The van der Waals surface area contributed by atoms with E-state index in [-0.39, 0.29) is 0 Å². The van der Waals surface area contributed by atoms with E-state index in [1.165, 1.54) is 11.1 Å². The molecule has 1 aliphatic heterocycles. The van der Waals surface area contributed by atoms with Crippen LogP contribution in [-0.4, -0.2) is 23.4 Å². The molecule has 21 heavy (non-hydrogen) atoms. The quantitative estimate of drug-likeness (QED) is 0.938. The molecular weight excluding hydrogens is 262 g/mol. The van der Waals surface area contributed by atoms with Crippen LogP contribution < -0.4 is 10.1 Å².